The van der Waals surface area contributed by atoms with Crippen molar-refractivity contribution in [2.45, 2.75) is 11.8 Å². The molecule has 0 unspecified atom stereocenters. The van der Waals surface area contributed by atoms with Crippen molar-refractivity contribution >= 4 is 21.1 Å². The Morgan fingerprint density at radius 3 is 2.10 bits per heavy atom. The van der Waals surface area contributed by atoms with Crippen LogP contribution in [0.1, 0.15) is 5.56 Å². The Labute approximate surface area is 166 Å². The Balaban J connectivity index is 1.65. The molecule has 146 valence electrons. The van der Waals surface area contributed by atoms with Gasteiger partial charge in [0.25, 0.3) is 0 Å². The summed E-state index contributed by atoms with van der Waals surface area (Å²) in [5.74, 6) is 1.37. The predicted octanol–water partition coefficient (Wildman–Crippen LogP) is 4.95. The van der Waals surface area contributed by atoms with E-state index in [1.54, 1.807) is 24.3 Å². The molecule has 5 nitrogen and oxygen atoms in total. The molecular weight excluding hydrogens is 393 g/mol. The largest absolute Gasteiger partial charge is 0.457 e. The van der Waals surface area contributed by atoms with Crippen molar-refractivity contribution < 1.29 is 17.0 Å². The number of nitrogens with one attached hydrogen (secondary N) is 1. The summed E-state index contributed by atoms with van der Waals surface area (Å²) in [5, 5.41) is 0.104. The number of rotatable bonds is 4. The summed E-state index contributed by atoms with van der Waals surface area (Å²) in [6.07, 6.45) is 0. The number of aromatic nitrogens is 1. The van der Waals surface area contributed by atoms with Crippen molar-refractivity contribution in [1.29, 1.82) is 0 Å². The number of ether oxygens (including phenoxy) is 1. The van der Waals surface area contributed by atoms with Crippen LogP contribution >= 0.6 is 0 Å². The zero-order chi connectivity index (χ0) is 20.6. The van der Waals surface area contributed by atoms with Crippen LogP contribution < -0.4 is 10.2 Å². The van der Waals surface area contributed by atoms with Gasteiger partial charge < -0.3 is 9.72 Å². The number of halogens is 1. The highest BCUT2D eigenvalue weighted by Gasteiger charge is 2.14. The van der Waals surface area contributed by atoms with Crippen LogP contribution in [0, 0.1) is 6.92 Å². The highest BCUT2D eigenvalue weighted by molar-refractivity contribution is 7.86. The number of hydrogen-bond acceptors (Lipinski definition) is 4. The Bertz CT molecular complexity index is 1360. The molecule has 3 aromatic carbocycles. The maximum absolute atomic E-state index is 13.2. The lowest BCUT2D eigenvalue weighted by Crippen LogP contribution is -2.04. The maximum Gasteiger partial charge on any atom is 0.332 e. The van der Waals surface area contributed by atoms with Gasteiger partial charge in [-0.25, -0.2) is 0 Å². The van der Waals surface area contributed by atoms with Crippen LogP contribution in [-0.2, 0) is 10.2 Å². The summed E-state index contributed by atoms with van der Waals surface area (Å²) in [6, 6.07) is 19.8. The lowest BCUT2D eigenvalue weighted by molar-refractivity contribution is 0.482. The van der Waals surface area contributed by atoms with Crippen molar-refractivity contribution in [3.63, 3.8) is 0 Å². The summed E-state index contributed by atoms with van der Waals surface area (Å²) in [7, 11) is -4.87. The molecule has 0 saturated carbocycles. The van der Waals surface area contributed by atoms with Gasteiger partial charge in [-0.15, -0.1) is 3.89 Å². The standard InChI is InChI=1S/C22H16FNO4S/c1-14-2-6-16(7-3-14)28-17-8-4-15(5-9-17)21-13-22(25)19-12-18(29(23,26)27)10-11-20(19)24-21/h2-13H,1H3,(H,24,25). The third-order valence-corrected chi connectivity index (χ3v) is 5.32. The Morgan fingerprint density at radius 1 is 0.862 bits per heavy atom. The monoisotopic (exact) mass is 409 g/mol. The van der Waals surface area contributed by atoms with Crippen LogP contribution in [0.15, 0.2) is 82.5 Å². The van der Waals surface area contributed by atoms with E-state index in [2.05, 4.69) is 4.98 Å². The van der Waals surface area contributed by atoms with Crippen LogP contribution in [0.4, 0.5) is 3.89 Å². The lowest BCUT2D eigenvalue weighted by atomic mass is 10.1. The fourth-order valence-electron chi connectivity index (χ4n) is 2.98. The Morgan fingerprint density at radius 2 is 1.48 bits per heavy atom. The molecule has 4 rings (SSSR count). The van der Waals surface area contributed by atoms with E-state index < -0.39 is 20.5 Å². The molecular formula is C22H16FNO4S. The van der Waals surface area contributed by atoms with Gasteiger partial charge in [-0.05, 0) is 67.1 Å². The van der Waals surface area contributed by atoms with Gasteiger partial charge in [0, 0.05) is 22.7 Å². The smallest absolute Gasteiger partial charge is 0.332 e. The molecule has 1 N–H and O–H groups in total. The predicted molar refractivity (Wildman–Crippen MR) is 110 cm³/mol. The van der Waals surface area contributed by atoms with E-state index in [4.69, 9.17) is 4.74 Å². The summed E-state index contributed by atoms with van der Waals surface area (Å²) < 4.78 is 41.1. The first-order valence-corrected chi connectivity index (χ1v) is 10.1. The summed E-state index contributed by atoms with van der Waals surface area (Å²) in [4.78, 5) is 15.0. The van der Waals surface area contributed by atoms with E-state index in [-0.39, 0.29) is 5.39 Å². The summed E-state index contributed by atoms with van der Waals surface area (Å²) in [6.45, 7) is 2.00. The van der Waals surface area contributed by atoms with Crippen LogP contribution in [0.5, 0.6) is 11.5 Å². The average molecular weight is 409 g/mol. The van der Waals surface area contributed by atoms with Crippen molar-refractivity contribution in [1.82, 2.24) is 4.98 Å². The molecule has 0 spiro atoms. The highest BCUT2D eigenvalue weighted by Crippen LogP contribution is 2.26. The number of aryl methyl sites for hydroxylation is 1. The lowest BCUT2D eigenvalue weighted by Gasteiger charge is -2.08. The Kier molecular flexibility index (Phi) is 4.68. The van der Waals surface area contributed by atoms with Gasteiger partial charge in [0.1, 0.15) is 11.5 Å². The number of fused-ring (bicyclic) bond motifs is 1. The van der Waals surface area contributed by atoms with E-state index in [1.165, 1.54) is 12.1 Å². The minimum atomic E-state index is -4.87. The van der Waals surface area contributed by atoms with Gasteiger partial charge in [-0.2, -0.15) is 8.42 Å². The van der Waals surface area contributed by atoms with Crippen molar-refractivity contribution in [3.05, 3.63) is 88.6 Å². The third-order valence-electron chi connectivity index (χ3n) is 4.50. The SMILES string of the molecule is Cc1ccc(Oc2ccc(-c3cc(=O)c4cc(S(=O)(=O)F)ccc4[nH]3)cc2)cc1. The van der Waals surface area contributed by atoms with Crippen molar-refractivity contribution in [2.24, 2.45) is 0 Å². The Hall–Kier alpha value is -3.45. The van der Waals surface area contributed by atoms with Crippen LogP contribution in [0.25, 0.3) is 22.2 Å². The first-order valence-electron chi connectivity index (χ1n) is 8.76. The van der Waals surface area contributed by atoms with E-state index in [0.29, 0.717) is 17.0 Å². The molecule has 4 aromatic rings. The number of H-pyrrole nitrogens is 1. The van der Waals surface area contributed by atoms with E-state index in [0.717, 1.165) is 29.0 Å². The zero-order valence-corrected chi connectivity index (χ0v) is 16.2. The molecule has 0 aliphatic carbocycles. The molecule has 29 heavy (non-hydrogen) atoms. The molecule has 1 heterocycles. The average Bonchev–Trinajstić information content (AvgIpc) is 2.69. The van der Waals surface area contributed by atoms with Gasteiger partial charge in [-0.1, -0.05) is 17.7 Å². The highest BCUT2D eigenvalue weighted by atomic mass is 32.3. The first-order chi connectivity index (χ1) is 13.8. The molecule has 0 radical (unpaired) electrons. The maximum atomic E-state index is 13.2. The van der Waals surface area contributed by atoms with Crippen molar-refractivity contribution in [3.8, 4) is 22.8 Å². The summed E-state index contributed by atoms with van der Waals surface area (Å²) in [5.41, 5.74) is 2.46. The van der Waals surface area contributed by atoms with Crippen molar-refractivity contribution in [2.75, 3.05) is 0 Å². The van der Waals surface area contributed by atoms with Gasteiger partial charge >= 0.3 is 10.2 Å². The van der Waals surface area contributed by atoms with Gasteiger partial charge in [-0.3, -0.25) is 4.79 Å². The normalized spacial score (nSPS) is 11.5. The molecule has 0 amide bonds. The molecule has 0 aliphatic rings. The third kappa shape index (κ3) is 4.05. The second-order valence-electron chi connectivity index (χ2n) is 6.63. The van der Waals surface area contributed by atoms with E-state index in [9.17, 15) is 17.1 Å². The molecule has 7 heteroatoms. The van der Waals surface area contributed by atoms with E-state index >= 15 is 0 Å². The second kappa shape index (κ2) is 7.18. The number of pyridine rings is 1. The molecule has 0 bridgehead atoms. The molecule has 0 aliphatic heterocycles. The fraction of sp³-hybridized carbons (Fsp3) is 0.0455. The molecule has 0 saturated heterocycles. The zero-order valence-electron chi connectivity index (χ0n) is 15.3. The quantitative estimate of drug-likeness (QED) is 0.484. The van der Waals surface area contributed by atoms with Gasteiger partial charge in [0.2, 0.25) is 0 Å². The topological polar surface area (TPSA) is 76.2 Å². The van der Waals surface area contributed by atoms with Gasteiger partial charge in [0.05, 0.1) is 4.90 Å². The summed E-state index contributed by atoms with van der Waals surface area (Å²) >= 11 is 0. The fourth-order valence-corrected chi connectivity index (χ4v) is 3.47. The number of aromatic amines is 1. The van der Waals surface area contributed by atoms with Crippen LogP contribution in [0.2, 0.25) is 0 Å². The number of hydrogen-bond donors (Lipinski definition) is 1. The molecule has 0 atom stereocenters. The second-order valence-corrected chi connectivity index (χ2v) is 7.98. The van der Waals surface area contributed by atoms with Gasteiger partial charge in [0.15, 0.2) is 5.43 Å². The minimum absolute atomic E-state index is 0.104. The molecule has 1 aromatic heterocycles. The van der Waals surface area contributed by atoms with Crippen LogP contribution in [-0.4, -0.2) is 13.4 Å². The molecule has 0 fully saturated rings. The minimum Gasteiger partial charge on any atom is -0.457 e. The van der Waals surface area contributed by atoms with E-state index in [1.807, 2.05) is 31.2 Å². The first kappa shape index (κ1) is 18.9. The van der Waals surface area contributed by atoms with Crippen LogP contribution in [0.3, 0.4) is 0 Å². The number of benzene rings is 3.